The number of nitrogens with zero attached hydrogens (tertiary/aromatic N) is 7. The minimum Gasteiger partial charge on any atom is -0.358 e. The Hall–Kier alpha value is -3.37. The number of aromatic nitrogens is 2. The second-order valence-corrected chi connectivity index (χ2v) is 3.13. The van der Waals surface area contributed by atoms with Gasteiger partial charge in [-0.15, -0.1) is 0 Å². The summed E-state index contributed by atoms with van der Waals surface area (Å²) < 4.78 is 24.4. The van der Waals surface area contributed by atoms with Crippen LogP contribution >= 0.6 is 0 Å². The molecule has 0 atom stereocenters. The molecule has 0 fully saturated rings. The summed E-state index contributed by atoms with van der Waals surface area (Å²) in [6.07, 6.45) is 0. The minimum absolute atomic E-state index is 0.0365. The molecule has 0 bridgehead atoms. The fourth-order valence-electron chi connectivity index (χ4n) is 1.22. The fraction of sp³-hybridized carbons (Fsp3) is 0.250. The third kappa shape index (κ3) is 2.16. The van der Waals surface area contributed by atoms with E-state index < -0.39 is 47.3 Å². The van der Waals surface area contributed by atoms with Gasteiger partial charge in [0.15, 0.2) is 14.9 Å². The topological polar surface area (TPSA) is 194 Å². The highest BCUT2D eigenvalue weighted by Crippen LogP contribution is 2.31. The van der Waals surface area contributed by atoms with E-state index in [2.05, 4.69) is 5.10 Å². The molecule has 114 valence electrons. The molecule has 0 unspecified atom stereocenters. The Labute approximate surface area is 109 Å². The first-order valence-electron chi connectivity index (χ1n) is 4.36. The van der Waals surface area contributed by atoms with Crippen LogP contribution in [0.5, 0.6) is 0 Å². The van der Waals surface area contributed by atoms with Crippen LogP contribution in [-0.4, -0.2) is 34.8 Å². The van der Waals surface area contributed by atoms with Gasteiger partial charge in [-0.1, -0.05) is 8.96 Å². The van der Waals surface area contributed by atoms with Gasteiger partial charge < -0.3 is 20.2 Å². The molecule has 0 aliphatic rings. The smallest absolute Gasteiger partial charge is 0.358 e. The Kier molecular flexibility index (Phi) is 3.70. The van der Waals surface area contributed by atoms with Crippen molar-refractivity contribution in [2.24, 2.45) is 0 Å². The molecule has 0 N–H and O–H groups in total. The number of hydrogen-bond donors (Lipinski definition) is 0. The maximum Gasteiger partial charge on any atom is 0.770 e. The molecule has 1 heterocycles. The van der Waals surface area contributed by atoms with Crippen LogP contribution in [0.3, 0.4) is 0 Å². The standard InChI is InChI=1S/C4HF2N7O8/c5-11(6)4(12(18)19,13(20)21)8-3(10(16)17)1-2(7-8)9(14)15/h1H. The van der Waals surface area contributed by atoms with Gasteiger partial charge in [0.05, 0.1) is 0 Å². The highest BCUT2D eigenvalue weighted by atomic mass is 19.4. The maximum absolute atomic E-state index is 12.7. The van der Waals surface area contributed by atoms with E-state index in [1.807, 2.05) is 0 Å². The summed E-state index contributed by atoms with van der Waals surface area (Å²) in [5.74, 6) is -7.93. The second kappa shape index (κ2) is 4.96. The molecule has 17 heteroatoms. The van der Waals surface area contributed by atoms with Crippen LogP contribution in [0.1, 0.15) is 0 Å². The van der Waals surface area contributed by atoms with Crippen LogP contribution in [0.15, 0.2) is 6.07 Å². The van der Waals surface area contributed by atoms with Gasteiger partial charge in [0, 0.05) is 0 Å². The summed E-state index contributed by atoms with van der Waals surface area (Å²) in [6, 6.07) is -0.0365. The van der Waals surface area contributed by atoms with Gasteiger partial charge in [0.1, 0.15) is 10.7 Å². The lowest BCUT2D eigenvalue weighted by molar-refractivity contribution is -0.887. The average molecular weight is 313 g/mol. The van der Waals surface area contributed by atoms with Crippen molar-refractivity contribution in [3.05, 3.63) is 46.5 Å². The molecule has 15 nitrogen and oxygen atoms in total. The number of hydrogen-bond acceptors (Lipinski definition) is 10. The lowest BCUT2D eigenvalue weighted by Crippen LogP contribution is -2.56. The molecule has 1 aromatic rings. The van der Waals surface area contributed by atoms with E-state index in [4.69, 9.17) is 0 Å². The number of nitro groups is 4. The van der Waals surface area contributed by atoms with Crippen LogP contribution in [-0.2, 0) is 5.91 Å². The Morgan fingerprint density at radius 2 is 1.52 bits per heavy atom. The Balaban J connectivity index is 3.81. The van der Waals surface area contributed by atoms with E-state index in [-0.39, 0.29) is 6.07 Å². The zero-order chi connectivity index (χ0) is 16.5. The molecule has 0 aromatic carbocycles. The van der Waals surface area contributed by atoms with Gasteiger partial charge in [0.2, 0.25) is 5.34 Å². The van der Waals surface area contributed by atoms with E-state index in [0.29, 0.717) is 0 Å². The average Bonchev–Trinajstić information content (AvgIpc) is 2.73. The molecule has 21 heavy (non-hydrogen) atoms. The summed E-state index contributed by atoms with van der Waals surface area (Å²) >= 11 is 0. The van der Waals surface area contributed by atoms with Crippen LogP contribution in [0.25, 0.3) is 0 Å². The van der Waals surface area contributed by atoms with Gasteiger partial charge in [-0.3, -0.25) is 20.2 Å². The first-order chi connectivity index (χ1) is 9.56. The van der Waals surface area contributed by atoms with Crippen molar-refractivity contribution in [2.45, 2.75) is 5.91 Å². The third-order valence-electron chi connectivity index (χ3n) is 2.05. The van der Waals surface area contributed by atoms with Crippen LogP contribution in [0, 0.1) is 40.5 Å². The SMILES string of the molecule is O=[N+]([O-])c1cc([N+](=O)[O-])n(C(N(F)F)([N+](=O)[O-])[N+](=O)[O-])n1. The van der Waals surface area contributed by atoms with Crippen molar-refractivity contribution in [1.29, 1.82) is 0 Å². The van der Waals surface area contributed by atoms with Crippen molar-refractivity contribution in [3.63, 3.8) is 0 Å². The van der Waals surface area contributed by atoms with Gasteiger partial charge >= 0.3 is 17.5 Å². The molecule has 0 saturated heterocycles. The van der Waals surface area contributed by atoms with E-state index >= 15 is 0 Å². The van der Waals surface area contributed by atoms with Gasteiger partial charge in [-0.05, 0) is 9.85 Å². The first-order valence-corrected chi connectivity index (χ1v) is 4.36. The predicted molar refractivity (Wildman–Crippen MR) is 51.6 cm³/mol. The molecule has 0 amide bonds. The Morgan fingerprint density at radius 3 is 1.81 bits per heavy atom. The zero-order valence-corrected chi connectivity index (χ0v) is 9.23. The van der Waals surface area contributed by atoms with Gasteiger partial charge in [-0.25, -0.2) is 0 Å². The molecular formula is C4HF2N7O8. The molecule has 1 rings (SSSR count). The summed E-state index contributed by atoms with van der Waals surface area (Å²) in [5, 5.41) is 42.2. The number of halogens is 2. The summed E-state index contributed by atoms with van der Waals surface area (Å²) in [5.41, 5.74) is 0. The molecular weight excluding hydrogens is 312 g/mol. The van der Waals surface area contributed by atoms with Crippen LogP contribution in [0.2, 0.25) is 0 Å². The van der Waals surface area contributed by atoms with E-state index in [1.165, 1.54) is 0 Å². The maximum atomic E-state index is 12.7. The quantitative estimate of drug-likeness (QED) is 0.296. The normalized spacial score (nSPS) is 11.4. The van der Waals surface area contributed by atoms with Crippen molar-refractivity contribution in [2.75, 3.05) is 0 Å². The number of rotatable bonds is 6. The monoisotopic (exact) mass is 313 g/mol. The van der Waals surface area contributed by atoms with Gasteiger partial charge in [-0.2, -0.15) is 0 Å². The van der Waals surface area contributed by atoms with E-state index in [1.54, 1.807) is 0 Å². The lowest BCUT2D eigenvalue weighted by atomic mass is 10.5. The summed E-state index contributed by atoms with van der Waals surface area (Å²) in [4.78, 5) is 34.9. The van der Waals surface area contributed by atoms with Crippen LogP contribution in [0.4, 0.5) is 20.6 Å². The lowest BCUT2D eigenvalue weighted by Gasteiger charge is -2.09. The molecule has 1 aromatic heterocycles. The molecule has 0 saturated carbocycles. The fourth-order valence-corrected chi connectivity index (χ4v) is 1.22. The largest absolute Gasteiger partial charge is 0.770 e. The second-order valence-electron chi connectivity index (χ2n) is 3.13. The van der Waals surface area contributed by atoms with E-state index in [9.17, 15) is 49.4 Å². The van der Waals surface area contributed by atoms with Crippen molar-refractivity contribution in [3.8, 4) is 0 Å². The zero-order valence-electron chi connectivity index (χ0n) is 9.23. The molecule has 0 aliphatic heterocycles. The Bertz CT molecular complexity index is 627. The summed E-state index contributed by atoms with van der Waals surface area (Å²) in [7, 11) is 0. The minimum atomic E-state index is -4.73. The third-order valence-corrected chi connectivity index (χ3v) is 2.05. The molecule has 0 spiro atoms. The first kappa shape index (κ1) is 15.7. The Morgan fingerprint density at radius 1 is 1.05 bits per heavy atom. The summed E-state index contributed by atoms with van der Waals surface area (Å²) in [6.45, 7) is 0. The van der Waals surface area contributed by atoms with Crippen LogP contribution < -0.4 is 0 Å². The molecule has 0 radical (unpaired) electrons. The van der Waals surface area contributed by atoms with Crippen molar-refractivity contribution in [1.82, 2.24) is 15.1 Å². The van der Waals surface area contributed by atoms with Crippen molar-refractivity contribution >= 4 is 11.6 Å². The van der Waals surface area contributed by atoms with Gasteiger partial charge in [0.25, 0.3) is 0 Å². The van der Waals surface area contributed by atoms with E-state index in [0.717, 1.165) is 0 Å². The highest BCUT2D eigenvalue weighted by Gasteiger charge is 2.79. The predicted octanol–water partition coefficient (Wildman–Crippen LogP) is -0.108. The van der Waals surface area contributed by atoms with Crippen molar-refractivity contribution < 1.29 is 28.7 Å². The highest BCUT2D eigenvalue weighted by molar-refractivity contribution is 5.32. The molecule has 0 aliphatic carbocycles.